The van der Waals surface area contributed by atoms with Gasteiger partial charge in [-0.1, -0.05) is 36.4 Å². The minimum Gasteiger partial charge on any atom is -0.335 e. The van der Waals surface area contributed by atoms with Crippen LogP contribution in [0.15, 0.2) is 48.7 Å². The Labute approximate surface area is 142 Å². The van der Waals surface area contributed by atoms with Gasteiger partial charge in [-0.15, -0.1) is 0 Å². The average Bonchev–Trinajstić information content (AvgIpc) is 2.87. The summed E-state index contributed by atoms with van der Waals surface area (Å²) in [5, 5.41) is 2.10. The number of nitrogens with zero attached hydrogens (tertiary/aromatic N) is 2. The lowest BCUT2D eigenvalue weighted by Crippen LogP contribution is -2.38. The molecule has 0 fully saturated rings. The fraction of sp³-hybridized carbons (Fsp3) is 0.222. The molecule has 0 aliphatic heterocycles. The van der Waals surface area contributed by atoms with Gasteiger partial charge < -0.3 is 5.32 Å². The van der Waals surface area contributed by atoms with E-state index in [2.05, 4.69) is 10.3 Å². The quantitative estimate of drug-likeness (QED) is 0.779. The maximum absolute atomic E-state index is 13.4. The molecule has 25 heavy (non-hydrogen) atoms. The molecule has 3 aromatic rings. The second-order valence-electron chi connectivity index (χ2n) is 5.84. The first-order chi connectivity index (χ1) is 11.8. The number of imidazole rings is 1. The molecule has 2 aromatic heterocycles. The summed E-state index contributed by atoms with van der Waals surface area (Å²) in [6.07, 6.45) is -2.93. The van der Waals surface area contributed by atoms with E-state index in [-0.39, 0.29) is 11.3 Å². The van der Waals surface area contributed by atoms with E-state index in [0.717, 1.165) is 5.56 Å². The number of carbonyl (C=O) groups is 1. The highest BCUT2D eigenvalue weighted by atomic mass is 19.4. The van der Waals surface area contributed by atoms with Crippen molar-refractivity contribution in [2.24, 2.45) is 0 Å². The van der Waals surface area contributed by atoms with Crippen LogP contribution in [0.1, 0.15) is 33.4 Å². The number of rotatable bonds is 3. The minimum atomic E-state index is -4.61. The van der Waals surface area contributed by atoms with Crippen LogP contribution in [-0.2, 0) is 0 Å². The lowest BCUT2D eigenvalue weighted by molar-refractivity contribution is -0.155. The number of hydrogen-bond donors (Lipinski definition) is 1. The highest BCUT2D eigenvalue weighted by Gasteiger charge is 2.42. The van der Waals surface area contributed by atoms with Crippen molar-refractivity contribution in [3.05, 3.63) is 71.2 Å². The molecule has 1 aromatic carbocycles. The van der Waals surface area contributed by atoms with Gasteiger partial charge in [0.05, 0.1) is 5.69 Å². The van der Waals surface area contributed by atoms with E-state index in [0.29, 0.717) is 11.3 Å². The third-order valence-electron chi connectivity index (χ3n) is 3.89. The minimum absolute atomic E-state index is 0.0222. The zero-order valence-electron chi connectivity index (χ0n) is 13.6. The molecule has 2 heterocycles. The van der Waals surface area contributed by atoms with Crippen LogP contribution in [0, 0.1) is 13.8 Å². The van der Waals surface area contributed by atoms with Crippen LogP contribution in [0.3, 0.4) is 0 Å². The Morgan fingerprint density at radius 3 is 2.44 bits per heavy atom. The van der Waals surface area contributed by atoms with Gasteiger partial charge in [-0.25, -0.2) is 4.98 Å². The normalized spacial score (nSPS) is 13.0. The summed E-state index contributed by atoms with van der Waals surface area (Å²) in [6.45, 7) is 3.43. The van der Waals surface area contributed by atoms with Crippen LogP contribution in [-0.4, -0.2) is 21.5 Å². The first-order valence-electron chi connectivity index (χ1n) is 7.65. The summed E-state index contributed by atoms with van der Waals surface area (Å²) in [5.41, 5.74) is 1.83. The van der Waals surface area contributed by atoms with Gasteiger partial charge in [0, 0.05) is 6.20 Å². The van der Waals surface area contributed by atoms with Gasteiger partial charge in [0.2, 0.25) is 0 Å². The zero-order valence-corrected chi connectivity index (χ0v) is 13.6. The fourth-order valence-electron chi connectivity index (χ4n) is 2.74. The number of carbonyl (C=O) groups excluding carboxylic acids is 1. The summed E-state index contributed by atoms with van der Waals surface area (Å²) in [5.74, 6) is -0.818. The number of benzene rings is 1. The first kappa shape index (κ1) is 17.0. The average molecular weight is 347 g/mol. The third-order valence-corrected chi connectivity index (χ3v) is 3.89. The topological polar surface area (TPSA) is 46.4 Å². The standard InChI is InChI=1S/C18H16F3N3O/c1-11-8-9-14-22-12(2)15(24(14)10-11)17(25)23-16(18(19,20)21)13-6-4-3-5-7-13/h3-10,16H,1-2H3,(H,23,25). The zero-order chi connectivity index (χ0) is 18.2. The van der Waals surface area contributed by atoms with Gasteiger partial charge >= 0.3 is 6.18 Å². The Balaban J connectivity index is 2.00. The largest absolute Gasteiger partial charge is 0.412 e. The first-order valence-corrected chi connectivity index (χ1v) is 7.65. The molecule has 4 nitrogen and oxygen atoms in total. The molecular weight excluding hydrogens is 331 g/mol. The van der Waals surface area contributed by atoms with Crippen molar-refractivity contribution in [3.8, 4) is 0 Å². The van der Waals surface area contributed by atoms with E-state index in [4.69, 9.17) is 0 Å². The van der Waals surface area contributed by atoms with E-state index in [1.54, 1.807) is 25.3 Å². The molecule has 130 valence electrons. The predicted molar refractivity (Wildman–Crippen MR) is 87.4 cm³/mol. The molecule has 0 aliphatic rings. The maximum Gasteiger partial charge on any atom is 0.412 e. The molecule has 0 saturated heterocycles. The maximum atomic E-state index is 13.4. The summed E-state index contributed by atoms with van der Waals surface area (Å²) in [6, 6.07) is 8.76. The van der Waals surface area contributed by atoms with Crippen molar-refractivity contribution >= 4 is 11.6 Å². The summed E-state index contributed by atoms with van der Waals surface area (Å²) >= 11 is 0. The van der Waals surface area contributed by atoms with E-state index >= 15 is 0 Å². The van der Waals surface area contributed by atoms with Crippen LogP contribution < -0.4 is 5.32 Å². The fourth-order valence-corrected chi connectivity index (χ4v) is 2.74. The molecule has 1 unspecified atom stereocenters. The van der Waals surface area contributed by atoms with Crippen molar-refractivity contribution < 1.29 is 18.0 Å². The Hall–Kier alpha value is -2.83. The van der Waals surface area contributed by atoms with Crippen LogP contribution in [0.5, 0.6) is 0 Å². The molecule has 0 saturated carbocycles. The molecule has 0 bridgehead atoms. The molecule has 0 aliphatic carbocycles. The monoisotopic (exact) mass is 347 g/mol. The van der Waals surface area contributed by atoms with Crippen molar-refractivity contribution in [3.63, 3.8) is 0 Å². The van der Waals surface area contributed by atoms with Gasteiger partial charge in [0.1, 0.15) is 11.3 Å². The highest BCUT2D eigenvalue weighted by Crippen LogP contribution is 2.33. The van der Waals surface area contributed by atoms with E-state index in [1.807, 2.05) is 13.0 Å². The van der Waals surface area contributed by atoms with E-state index in [1.165, 1.54) is 28.7 Å². The van der Waals surface area contributed by atoms with E-state index in [9.17, 15) is 18.0 Å². The summed E-state index contributed by atoms with van der Waals surface area (Å²) < 4.78 is 41.9. The molecule has 1 amide bonds. The summed E-state index contributed by atoms with van der Waals surface area (Å²) in [7, 11) is 0. The van der Waals surface area contributed by atoms with Crippen LogP contribution in [0.4, 0.5) is 13.2 Å². The SMILES string of the molecule is Cc1ccc2nc(C)c(C(=O)NC(c3ccccc3)C(F)(F)F)n2c1. The van der Waals surface area contributed by atoms with Gasteiger partial charge in [-0.3, -0.25) is 9.20 Å². The Bertz CT molecular complexity index is 916. The molecule has 1 N–H and O–H groups in total. The number of aryl methyl sites for hydroxylation is 2. The number of nitrogens with one attached hydrogen (secondary N) is 1. The number of fused-ring (bicyclic) bond motifs is 1. The molecule has 7 heteroatoms. The second kappa shape index (κ2) is 6.23. The highest BCUT2D eigenvalue weighted by molar-refractivity contribution is 5.95. The predicted octanol–water partition coefficient (Wildman–Crippen LogP) is 3.98. The number of alkyl halides is 3. The van der Waals surface area contributed by atoms with Crippen molar-refractivity contribution in [2.75, 3.05) is 0 Å². The van der Waals surface area contributed by atoms with Gasteiger partial charge in [0.25, 0.3) is 5.91 Å². The summed E-state index contributed by atoms with van der Waals surface area (Å²) in [4.78, 5) is 16.8. The Kier molecular flexibility index (Phi) is 4.24. The van der Waals surface area contributed by atoms with Crippen molar-refractivity contribution in [1.82, 2.24) is 14.7 Å². The van der Waals surface area contributed by atoms with Gasteiger partial charge in [0.15, 0.2) is 6.04 Å². The Morgan fingerprint density at radius 1 is 1.12 bits per heavy atom. The number of pyridine rings is 1. The van der Waals surface area contributed by atoms with Crippen LogP contribution >= 0.6 is 0 Å². The smallest absolute Gasteiger partial charge is 0.335 e. The van der Waals surface area contributed by atoms with Crippen LogP contribution in [0.2, 0.25) is 0 Å². The van der Waals surface area contributed by atoms with E-state index < -0.39 is 18.1 Å². The number of hydrogen-bond acceptors (Lipinski definition) is 2. The second-order valence-corrected chi connectivity index (χ2v) is 5.84. The van der Waals surface area contributed by atoms with Gasteiger partial charge in [-0.2, -0.15) is 13.2 Å². The van der Waals surface area contributed by atoms with Crippen molar-refractivity contribution in [1.29, 1.82) is 0 Å². The number of amides is 1. The molecule has 0 spiro atoms. The van der Waals surface area contributed by atoms with Crippen molar-refractivity contribution in [2.45, 2.75) is 26.1 Å². The molecule has 0 radical (unpaired) electrons. The Morgan fingerprint density at radius 2 is 1.80 bits per heavy atom. The lowest BCUT2D eigenvalue weighted by Gasteiger charge is -2.22. The van der Waals surface area contributed by atoms with Crippen LogP contribution in [0.25, 0.3) is 5.65 Å². The number of aromatic nitrogens is 2. The van der Waals surface area contributed by atoms with Gasteiger partial charge in [-0.05, 0) is 31.0 Å². The molecule has 1 atom stereocenters. The number of halogens is 3. The third kappa shape index (κ3) is 3.35. The molecular formula is C18H16F3N3O. The molecule has 3 rings (SSSR count). The lowest BCUT2D eigenvalue weighted by atomic mass is 10.1.